The van der Waals surface area contributed by atoms with E-state index in [2.05, 4.69) is 15.2 Å². The minimum absolute atomic E-state index is 0.0503. The number of halogens is 2. The Balaban J connectivity index is 1.95. The number of ether oxygens (including phenoxy) is 1. The van der Waals surface area contributed by atoms with E-state index in [4.69, 9.17) is 27.9 Å². The third kappa shape index (κ3) is 2.47. The number of hydrogen-bond donors (Lipinski definition) is 1. The first-order valence-electron chi connectivity index (χ1n) is 7.38. The van der Waals surface area contributed by atoms with Gasteiger partial charge in [0.15, 0.2) is 5.75 Å². The zero-order valence-corrected chi connectivity index (χ0v) is 14.5. The van der Waals surface area contributed by atoms with Crippen LogP contribution in [0.3, 0.4) is 0 Å². The molecule has 25 heavy (non-hydrogen) atoms. The van der Waals surface area contributed by atoms with Gasteiger partial charge in [-0.15, -0.1) is 0 Å². The third-order valence-corrected chi connectivity index (χ3v) is 4.63. The van der Waals surface area contributed by atoms with E-state index in [1.54, 1.807) is 24.4 Å². The van der Waals surface area contributed by atoms with Crippen LogP contribution in [0, 0.1) is 18.3 Å². The first kappa shape index (κ1) is 15.7. The second-order valence-electron chi connectivity index (χ2n) is 5.50. The molecule has 0 saturated heterocycles. The smallest absolute Gasteiger partial charge is 0.153 e. The van der Waals surface area contributed by atoms with Gasteiger partial charge in [-0.05, 0) is 24.6 Å². The molecular weight excluding hydrogens is 359 g/mol. The number of aromatic nitrogens is 3. The van der Waals surface area contributed by atoms with Crippen molar-refractivity contribution in [2.24, 2.45) is 0 Å². The number of hydrogen-bond acceptors (Lipinski definition) is 4. The highest BCUT2D eigenvalue weighted by Gasteiger charge is 2.17. The van der Waals surface area contributed by atoms with Crippen molar-refractivity contribution in [1.82, 2.24) is 15.2 Å². The van der Waals surface area contributed by atoms with Gasteiger partial charge in [-0.2, -0.15) is 10.4 Å². The lowest BCUT2D eigenvalue weighted by Crippen LogP contribution is -1.94. The Morgan fingerprint density at radius 3 is 2.80 bits per heavy atom. The normalized spacial score (nSPS) is 11.0. The molecule has 0 aliphatic heterocycles. The van der Waals surface area contributed by atoms with Crippen LogP contribution in [-0.4, -0.2) is 15.2 Å². The van der Waals surface area contributed by atoms with Gasteiger partial charge >= 0.3 is 0 Å². The quantitative estimate of drug-likeness (QED) is 0.481. The standard InChI is InChI=1S/C18H10Cl2N4O/c1-9-5-6-13-12(8-22-24-13)17(9)25-14-4-2-3-10-15(19)11(7-21)18(20)23-16(10)14/h2-6,8H,1H3,(H,22,24). The SMILES string of the molecule is Cc1ccc2[nH]ncc2c1Oc1cccc2c(Cl)c(C#N)c(Cl)nc12. The van der Waals surface area contributed by atoms with Gasteiger partial charge in [-0.1, -0.05) is 41.4 Å². The highest BCUT2D eigenvalue weighted by atomic mass is 35.5. The fraction of sp³-hybridized carbons (Fsp3) is 0.0556. The van der Waals surface area contributed by atoms with Gasteiger partial charge in [-0.3, -0.25) is 5.10 Å². The maximum absolute atomic E-state index is 9.19. The number of pyridine rings is 1. The van der Waals surface area contributed by atoms with Crippen molar-refractivity contribution in [3.8, 4) is 17.6 Å². The van der Waals surface area contributed by atoms with Gasteiger partial charge in [-0.25, -0.2) is 4.98 Å². The molecule has 1 N–H and O–H groups in total. The van der Waals surface area contributed by atoms with Crippen LogP contribution in [-0.2, 0) is 0 Å². The highest BCUT2D eigenvalue weighted by Crippen LogP contribution is 2.38. The number of aryl methyl sites for hydroxylation is 1. The average Bonchev–Trinajstić information content (AvgIpc) is 3.07. The Morgan fingerprint density at radius 1 is 1.16 bits per heavy atom. The summed E-state index contributed by atoms with van der Waals surface area (Å²) in [5.74, 6) is 1.18. The van der Waals surface area contributed by atoms with E-state index in [-0.39, 0.29) is 15.7 Å². The van der Waals surface area contributed by atoms with E-state index < -0.39 is 0 Å². The van der Waals surface area contributed by atoms with Crippen molar-refractivity contribution in [3.63, 3.8) is 0 Å². The van der Waals surface area contributed by atoms with Gasteiger partial charge < -0.3 is 4.74 Å². The van der Waals surface area contributed by atoms with Gasteiger partial charge in [0.2, 0.25) is 0 Å². The van der Waals surface area contributed by atoms with Crippen molar-refractivity contribution in [1.29, 1.82) is 5.26 Å². The molecule has 7 heteroatoms. The molecule has 0 bridgehead atoms. The Kier molecular flexibility index (Phi) is 3.72. The molecule has 2 aromatic heterocycles. The second kappa shape index (κ2) is 5.92. The Bertz CT molecular complexity index is 1180. The predicted molar refractivity (Wildman–Crippen MR) is 97.4 cm³/mol. The van der Waals surface area contributed by atoms with E-state index in [1.165, 1.54) is 0 Å². The van der Waals surface area contributed by atoms with Gasteiger partial charge in [0.25, 0.3) is 0 Å². The monoisotopic (exact) mass is 368 g/mol. The molecule has 4 aromatic rings. The number of para-hydroxylation sites is 1. The largest absolute Gasteiger partial charge is 0.454 e. The molecule has 0 amide bonds. The number of aromatic amines is 1. The lowest BCUT2D eigenvalue weighted by molar-refractivity contribution is 0.489. The van der Waals surface area contributed by atoms with E-state index in [1.807, 2.05) is 25.1 Å². The van der Waals surface area contributed by atoms with Gasteiger partial charge in [0, 0.05) is 5.39 Å². The number of nitrogens with one attached hydrogen (secondary N) is 1. The van der Waals surface area contributed by atoms with E-state index in [9.17, 15) is 5.26 Å². The fourth-order valence-corrected chi connectivity index (χ4v) is 3.27. The molecule has 122 valence electrons. The molecular formula is C18H10Cl2N4O. The molecule has 0 fully saturated rings. The molecule has 0 atom stereocenters. The summed E-state index contributed by atoms with van der Waals surface area (Å²) in [5.41, 5.74) is 2.48. The fourth-order valence-electron chi connectivity index (χ4n) is 2.72. The molecule has 5 nitrogen and oxygen atoms in total. The lowest BCUT2D eigenvalue weighted by Gasteiger charge is -2.13. The number of benzene rings is 2. The number of nitriles is 1. The van der Waals surface area contributed by atoms with E-state index in [0.29, 0.717) is 22.4 Å². The van der Waals surface area contributed by atoms with Crippen LogP contribution in [0.1, 0.15) is 11.1 Å². The Morgan fingerprint density at radius 2 is 2.00 bits per heavy atom. The molecule has 2 aromatic carbocycles. The van der Waals surface area contributed by atoms with Crippen molar-refractivity contribution < 1.29 is 4.74 Å². The summed E-state index contributed by atoms with van der Waals surface area (Å²) in [6.07, 6.45) is 1.71. The van der Waals surface area contributed by atoms with Gasteiger partial charge in [0.1, 0.15) is 28.1 Å². The number of nitrogens with zero attached hydrogens (tertiary/aromatic N) is 3. The summed E-state index contributed by atoms with van der Waals surface area (Å²) in [4.78, 5) is 4.31. The topological polar surface area (TPSA) is 74.6 Å². The second-order valence-corrected chi connectivity index (χ2v) is 6.24. The minimum Gasteiger partial charge on any atom is -0.454 e. The molecule has 0 unspecified atom stereocenters. The molecule has 0 saturated carbocycles. The molecule has 2 heterocycles. The summed E-state index contributed by atoms with van der Waals surface area (Å²) in [5, 5.41) is 18.0. The maximum Gasteiger partial charge on any atom is 0.153 e. The summed E-state index contributed by atoms with van der Waals surface area (Å²) in [7, 11) is 0. The van der Waals surface area contributed by atoms with E-state index >= 15 is 0 Å². The summed E-state index contributed by atoms with van der Waals surface area (Å²) in [6.45, 7) is 1.95. The van der Waals surface area contributed by atoms with Crippen LogP contribution < -0.4 is 4.74 Å². The number of fused-ring (bicyclic) bond motifs is 2. The van der Waals surface area contributed by atoms with Crippen LogP contribution >= 0.6 is 23.2 Å². The molecule has 0 radical (unpaired) electrons. The predicted octanol–water partition coefficient (Wildman–Crippen LogP) is 5.39. The van der Waals surface area contributed by atoms with Gasteiger partial charge in [0.05, 0.1) is 22.1 Å². The molecule has 0 spiro atoms. The summed E-state index contributed by atoms with van der Waals surface area (Å²) < 4.78 is 6.15. The van der Waals surface area contributed by atoms with Crippen molar-refractivity contribution in [2.45, 2.75) is 6.92 Å². The molecule has 0 aliphatic rings. The maximum atomic E-state index is 9.19. The van der Waals surface area contributed by atoms with Crippen molar-refractivity contribution in [2.75, 3.05) is 0 Å². The number of H-pyrrole nitrogens is 1. The zero-order chi connectivity index (χ0) is 17.6. The first-order chi connectivity index (χ1) is 12.1. The van der Waals surface area contributed by atoms with E-state index in [0.717, 1.165) is 16.5 Å². The summed E-state index contributed by atoms with van der Waals surface area (Å²) in [6, 6.07) is 11.2. The van der Waals surface area contributed by atoms with Crippen LogP contribution in [0.25, 0.3) is 21.8 Å². The zero-order valence-electron chi connectivity index (χ0n) is 13.0. The highest BCUT2D eigenvalue weighted by molar-refractivity contribution is 6.39. The van der Waals surface area contributed by atoms with Crippen LogP contribution in [0.2, 0.25) is 10.2 Å². The first-order valence-corrected chi connectivity index (χ1v) is 8.14. The minimum atomic E-state index is 0.0503. The van der Waals surface area contributed by atoms with Crippen molar-refractivity contribution >= 4 is 45.0 Å². The summed E-state index contributed by atoms with van der Waals surface area (Å²) >= 11 is 12.4. The molecule has 0 aliphatic carbocycles. The van der Waals surface area contributed by atoms with Crippen LogP contribution in [0.5, 0.6) is 11.5 Å². The van der Waals surface area contributed by atoms with Crippen LogP contribution in [0.15, 0.2) is 36.5 Å². The Labute approximate surface area is 152 Å². The third-order valence-electron chi connectivity index (χ3n) is 3.97. The molecule has 4 rings (SSSR count). The average molecular weight is 369 g/mol. The van der Waals surface area contributed by atoms with Crippen LogP contribution in [0.4, 0.5) is 0 Å². The number of rotatable bonds is 2. The van der Waals surface area contributed by atoms with Crippen molar-refractivity contribution in [3.05, 3.63) is 57.8 Å². The lowest BCUT2D eigenvalue weighted by atomic mass is 10.1. The Hall–Kier alpha value is -2.81.